The Balaban J connectivity index is 1.60. The first-order chi connectivity index (χ1) is 11.9. The molecule has 0 spiro atoms. The fourth-order valence-corrected chi connectivity index (χ4v) is 3.63. The molecule has 4 rings (SSSR count). The van der Waals surface area contributed by atoms with Crippen LogP contribution in [0.4, 0.5) is 5.95 Å². The van der Waals surface area contributed by atoms with Gasteiger partial charge in [-0.1, -0.05) is 18.2 Å². The summed E-state index contributed by atoms with van der Waals surface area (Å²) in [5.74, 6) is 0.789. The molecule has 1 aromatic carbocycles. The van der Waals surface area contributed by atoms with Crippen molar-refractivity contribution in [3.05, 3.63) is 46.7 Å². The van der Waals surface area contributed by atoms with E-state index in [0.29, 0.717) is 0 Å². The Morgan fingerprint density at radius 1 is 1.21 bits per heavy atom. The average molecular weight is 341 g/mol. The van der Waals surface area contributed by atoms with Crippen LogP contribution in [0.15, 0.2) is 46.8 Å². The van der Waals surface area contributed by atoms with Crippen molar-refractivity contribution in [1.29, 1.82) is 0 Å². The van der Waals surface area contributed by atoms with Gasteiger partial charge < -0.3 is 14.2 Å². The molecule has 1 saturated heterocycles. The lowest BCUT2D eigenvalue weighted by atomic mass is 10.3. The number of para-hydroxylation sites is 2. The molecule has 1 N–H and O–H groups in total. The summed E-state index contributed by atoms with van der Waals surface area (Å²) < 4.78 is 7.69. The number of imidazole rings is 1. The zero-order valence-electron chi connectivity index (χ0n) is 13.5. The summed E-state index contributed by atoms with van der Waals surface area (Å²) in [7, 11) is 0. The summed E-state index contributed by atoms with van der Waals surface area (Å²) in [5, 5.41) is 2.06. The molecule has 1 aliphatic rings. The molecule has 1 aliphatic heterocycles. The smallest absolute Gasteiger partial charge is 0.230 e. The molecule has 0 bridgehead atoms. The van der Waals surface area contributed by atoms with E-state index in [1.807, 2.05) is 18.3 Å². The van der Waals surface area contributed by atoms with Crippen LogP contribution in [0.25, 0.3) is 11.0 Å². The Hall–Kier alpha value is -2.02. The van der Waals surface area contributed by atoms with E-state index >= 15 is 0 Å². The number of fused-ring (bicyclic) bond motifs is 1. The lowest BCUT2D eigenvalue weighted by Crippen LogP contribution is -3.14. The minimum absolute atomic E-state index is 0.789. The van der Waals surface area contributed by atoms with Crippen molar-refractivity contribution in [3.63, 3.8) is 0 Å². The van der Waals surface area contributed by atoms with Crippen molar-refractivity contribution in [2.45, 2.75) is 6.54 Å². The number of quaternary nitrogens is 1. The molecule has 0 aliphatic carbocycles. The van der Waals surface area contributed by atoms with Crippen LogP contribution in [0.3, 0.4) is 0 Å². The van der Waals surface area contributed by atoms with Crippen molar-refractivity contribution in [1.82, 2.24) is 9.55 Å². The molecule has 124 valence electrons. The van der Waals surface area contributed by atoms with E-state index < -0.39 is 0 Å². The molecule has 2 aromatic heterocycles. The quantitative estimate of drug-likeness (QED) is 0.719. The Kier molecular flexibility index (Phi) is 4.69. The number of nitrogens with zero attached hydrogens (tertiary/aromatic N) is 3. The van der Waals surface area contributed by atoms with Crippen molar-refractivity contribution in [2.75, 3.05) is 32.8 Å². The van der Waals surface area contributed by atoms with Gasteiger partial charge in [-0.3, -0.25) is 0 Å². The molecule has 24 heavy (non-hydrogen) atoms. The number of hydrogen-bond donors (Lipinski definition) is 1. The van der Waals surface area contributed by atoms with E-state index in [1.165, 1.54) is 0 Å². The highest BCUT2D eigenvalue weighted by Crippen LogP contribution is 2.21. The zero-order chi connectivity index (χ0) is 16.2. The van der Waals surface area contributed by atoms with Crippen LogP contribution in [0, 0.1) is 0 Å². The van der Waals surface area contributed by atoms with Crippen molar-refractivity contribution >= 4 is 34.5 Å². The fourth-order valence-electron chi connectivity index (χ4n) is 3.05. The van der Waals surface area contributed by atoms with Gasteiger partial charge in [0.1, 0.15) is 13.1 Å². The molecule has 0 saturated carbocycles. The molecule has 3 aromatic rings. The van der Waals surface area contributed by atoms with E-state index in [0.717, 1.165) is 61.3 Å². The number of nitrogens with one attached hydrogen (secondary N) is 1. The van der Waals surface area contributed by atoms with E-state index in [1.54, 1.807) is 16.2 Å². The van der Waals surface area contributed by atoms with E-state index in [9.17, 15) is 0 Å². The molecule has 0 unspecified atom stereocenters. The summed E-state index contributed by atoms with van der Waals surface area (Å²) in [4.78, 5) is 12.1. The second-order valence-corrected chi connectivity index (χ2v) is 6.92. The maximum Gasteiger partial charge on any atom is 0.230 e. The Morgan fingerprint density at radius 3 is 2.92 bits per heavy atom. The third kappa shape index (κ3) is 3.40. The first kappa shape index (κ1) is 15.5. The highest BCUT2D eigenvalue weighted by Gasteiger charge is 2.16. The predicted octanol–water partition coefficient (Wildman–Crippen LogP) is 1.76. The number of benzene rings is 1. The molecule has 3 heterocycles. The third-order valence-electron chi connectivity index (χ3n) is 4.37. The van der Waals surface area contributed by atoms with Crippen LogP contribution >= 0.6 is 11.3 Å². The average Bonchev–Trinajstić information content (AvgIpc) is 3.26. The van der Waals surface area contributed by atoms with Gasteiger partial charge in [-0.15, -0.1) is 11.3 Å². The monoisotopic (exact) mass is 341 g/mol. The normalized spacial score (nSPS) is 16.3. The van der Waals surface area contributed by atoms with Crippen LogP contribution in [-0.2, 0) is 11.3 Å². The number of thiophene rings is 1. The summed E-state index contributed by atoms with van der Waals surface area (Å²) in [6.45, 7) is 5.89. The van der Waals surface area contributed by atoms with Gasteiger partial charge in [-0.05, 0) is 23.6 Å². The number of aliphatic imine (C=N–C) groups is 1. The van der Waals surface area contributed by atoms with Crippen LogP contribution in [-0.4, -0.2) is 48.6 Å². The molecule has 1 fully saturated rings. The lowest BCUT2D eigenvalue weighted by Gasteiger charge is -2.24. The van der Waals surface area contributed by atoms with Gasteiger partial charge in [0.25, 0.3) is 0 Å². The summed E-state index contributed by atoms with van der Waals surface area (Å²) in [6, 6.07) is 12.4. The highest BCUT2D eigenvalue weighted by molar-refractivity contribution is 7.11. The maximum atomic E-state index is 5.45. The van der Waals surface area contributed by atoms with Gasteiger partial charge in [0.15, 0.2) is 0 Å². The number of rotatable bonds is 5. The topological polar surface area (TPSA) is 43.8 Å². The standard InChI is InChI=1S/C18H20N4OS/c1-2-6-17-16(5-1)20-18(19-14-15-4-3-13-24-15)22(17)8-7-21-9-11-23-12-10-21/h1-6,13-14H,7-12H2/p+1. The SMILES string of the molecule is C(=Nc1nc2ccccc2n1CC[NH+]1CCOCC1)c1cccs1. The molecule has 5 nitrogen and oxygen atoms in total. The van der Waals surface area contributed by atoms with Gasteiger partial charge >= 0.3 is 0 Å². The third-order valence-corrected chi connectivity index (χ3v) is 5.18. The van der Waals surface area contributed by atoms with Gasteiger partial charge in [0, 0.05) is 11.1 Å². The summed E-state index contributed by atoms with van der Waals surface area (Å²) >= 11 is 1.69. The van der Waals surface area contributed by atoms with Crippen LogP contribution < -0.4 is 4.90 Å². The van der Waals surface area contributed by atoms with Crippen molar-refractivity contribution in [3.8, 4) is 0 Å². The molecule has 6 heteroatoms. The minimum Gasteiger partial charge on any atom is -0.370 e. The molecule has 0 atom stereocenters. The zero-order valence-corrected chi connectivity index (χ0v) is 14.3. The van der Waals surface area contributed by atoms with Gasteiger partial charge in [-0.25, -0.2) is 9.98 Å². The fraction of sp³-hybridized carbons (Fsp3) is 0.333. The van der Waals surface area contributed by atoms with E-state index in [2.05, 4.69) is 39.2 Å². The molecule has 0 radical (unpaired) electrons. The lowest BCUT2D eigenvalue weighted by molar-refractivity contribution is -0.908. The Labute approximate surface area is 145 Å². The minimum atomic E-state index is 0.789. The van der Waals surface area contributed by atoms with Gasteiger partial charge in [-0.2, -0.15) is 0 Å². The summed E-state index contributed by atoms with van der Waals surface area (Å²) in [5.41, 5.74) is 2.16. The number of ether oxygens (including phenoxy) is 1. The van der Waals surface area contributed by atoms with Crippen LogP contribution in [0.2, 0.25) is 0 Å². The first-order valence-corrected chi connectivity index (χ1v) is 9.22. The summed E-state index contributed by atoms with van der Waals surface area (Å²) in [6.07, 6.45) is 1.91. The number of hydrogen-bond acceptors (Lipinski definition) is 4. The number of aromatic nitrogens is 2. The molecule has 0 amide bonds. The van der Waals surface area contributed by atoms with Crippen molar-refractivity contribution < 1.29 is 9.64 Å². The maximum absolute atomic E-state index is 5.45. The van der Waals surface area contributed by atoms with Crippen molar-refractivity contribution in [2.24, 2.45) is 4.99 Å². The highest BCUT2D eigenvalue weighted by atomic mass is 32.1. The Morgan fingerprint density at radius 2 is 2.08 bits per heavy atom. The van der Waals surface area contributed by atoms with Crippen LogP contribution in [0.5, 0.6) is 0 Å². The van der Waals surface area contributed by atoms with E-state index in [4.69, 9.17) is 9.72 Å². The molecular formula is C18H21N4OS+. The van der Waals surface area contributed by atoms with Gasteiger partial charge in [0.05, 0.1) is 37.3 Å². The first-order valence-electron chi connectivity index (χ1n) is 8.34. The molecular weight excluding hydrogens is 320 g/mol. The largest absolute Gasteiger partial charge is 0.370 e. The van der Waals surface area contributed by atoms with Gasteiger partial charge in [0.2, 0.25) is 5.95 Å². The second-order valence-electron chi connectivity index (χ2n) is 5.94. The van der Waals surface area contributed by atoms with E-state index in [-0.39, 0.29) is 0 Å². The second kappa shape index (κ2) is 7.25. The predicted molar refractivity (Wildman–Crippen MR) is 97.7 cm³/mol. The number of morpholine rings is 1. The Bertz CT molecular complexity index is 819. The van der Waals surface area contributed by atoms with Crippen LogP contribution in [0.1, 0.15) is 4.88 Å².